The number of H-pyrrole nitrogens is 1. The van der Waals surface area contributed by atoms with Gasteiger partial charge in [0.25, 0.3) is 0 Å². The number of nitrogen functional groups attached to an aromatic ring is 1. The van der Waals surface area contributed by atoms with E-state index in [1.54, 1.807) is 0 Å². The first-order valence-corrected chi connectivity index (χ1v) is 6.87. The molecule has 3 N–H and O–H groups in total. The van der Waals surface area contributed by atoms with Crippen molar-refractivity contribution in [3.63, 3.8) is 0 Å². The van der Waals surface area contributed by atoms with Crippen molar-refractivity contribution in [2.24, 2.45) is 0 Å². The zero-order valence-corrected chi connectivity index (χ0v) is 13.5. The van der Waals surface area contributed by atoms with E-state index in [-0.39, 0.29) is 24.8 Å². The predicted molar refractivity (Wildman–Crippen MR) is 91.2 cm³/mol. The zero-order chi connectivity index (χ0) is 13.1. The predicted octanol–water partition coefficient (Wildman–Crippen LogP) is 3.22. The number of nitrogens with zero attached hydrogens (tertiary/aromatic N) is 2. The summed E-state index contributed by atoms with van der Waals surface area (Å²) in [6.45, 7) is 3.25. The Hall–Kier alpha value is -1.23. The van der Waals surface area contributed by atoms with Crippen LogP contribution in [0.1, 0.15) is 30.1 Å². The van der Waals surface area contributed by atoms with Crippen LogP contribution in [0.5, 0.6) is 0 Å². The summed E-state index contributed by atoms with van der Waals surface area (Å²) >= 11 is 0. The molecule has 0 unspecified atom stereocenters. The molecule has 1 aliphatic heterocycles. The molecule has 1 aromatic heterocycles. The van der Waals surface area contributed by atoms with Crippen LogP contribution in [0.15, 0.2) is 36.7 Å². The Morgan fingerprint density at radius 3 is 2.62 bits per heavy atom. The smallest absolute Gasteiger partial charge is 0.109 e. The molecule has 1 fully saturated rings. The topological polar surface area (TPSA) is 57.9 Å². The van der Waals surface area contributed by atoms with Gasteiger partial charge in [-0.05, 0) is 43.6 Å². The maximum atomic E-state index is 5.82. The molecule has 6 heteroatoms. The lowest BCUT2D eigenvalue weighted by molar-refractivity contribution is 0.202. The molecule has 21 heavy (non-hydrogen) atoms. The van der Waals surface area contributed by atoms with Gasteiger partial charge in [0.05, 0.1) is 0 Å². The number of nitrogens with one attached hydrogen (secondary N) is 1. The fourth-order valence-corrected chi connectivity index (χ4v) is 2.81. The van der Waals surface area contributed by atoms with Crippen LogP contribution >= 0.6 is 24.8 Å². The van der Waals surface area contributed by atoms with Crippen molar-refractivity contribution in [2.75, 3.05) is 18.8 Å². The molecule has 0 bridgehead atoms. The van der Waals surface area contributed by atoms with Crippen molar-refractivity contribution in [1.29, 1.82) is 0 Å². The van der Waals surface area contributed by atoms with E-state index in [2.05, 4.69) is 27.0 Å². The van der Waals surface area contributed by atoms with Gasteiger partial charge in [0.1, 0.15) is 5.82 Å². The lowest BCUT2D eigenvalue weighted by Gasteiger charge is -2.31. The monoisotopic (exact) mass is 328 g/mol. The average molecular weight is 329 g/mol. The van der Waals surface area contributed by atoms with Crippen LogP contribution < -0.4 is 5.73 Å². The van der Waals surface area contributed by atoms with Crippen LogP contribution in [-0.2, 0) is 6.54 Å². The SMILES string of the molecule is Cl.Cl.Nc1cccc(CN2CCC(c3ncc[nH]3)CC2)c1. The van der Waals surface area contributed by atoms with E-state index in [9.17, 15) is 0 Å². The summed E-state index contributed by atoms with van der Waals surface area (Å²) in [5.41, 5.74) is 7.97. The Morgan fingerprint density at radius 1 is 1.24 bits per heavy atom. The fourth-order valence-electron chi connectivity index (χ4n) is 2.81. The normalized spacial score (nSPS) is 16.0. The zero-order valence-electron chi connectivity index (χ0n) is 11.9. The van der Waals surface area contributed by atoms with E-state index in [1.807, 2.05) is 24.5 Å². The van der Waals surface area contributed by atoms with E-state index >= 15 is 0 Å². The van der Waals surface area contributed by atoms with Gasteiger partial charge in [0.2, 0.25) is 0 Å². The first kappa shape index (κ1) is 17.8. The average Bonchev–Trinajstić information content (AvgIpc) is 2.94. The number of rotatable bonds is 3. The van der Waals surface area contributed by atoms with Crippen molar-refractivity contribution in [1.82, 2.24) is 14.9 Å². The second-order valence-corrected chi connectivity index (χ2v) is 5.27. The molecule has 2 aromatic rings. The molecular weight excluding hydrogens is 307 g/mol. The molecule has 1 saturated heterocycles. The summed E-state index contributed by atoms with van der Waals surface area (Å²) in [5.74, 6) is 1.73. The molecule has 1 aromatic carbocycles. The summed E-state index contributed by atoms with van der Waals surface area (Å²) < 4.78 is 0. The molecular formula is C15H22Cl2N4. The van der Waals surface area contributed by atoms with Crippen molar-refractivity contribution < 1.29 is 0 Å². The Balaban J connectivity index is 0.00000110. The lowest BCUT2D eigenvalue weighted by Crippen LogP contribution is -2.32. The standard InChI is InChI=1S/C15H20N4.2ClH/c16-14-3-1-2-12(10-14)11-19-8-4-13(5-9-19)15-17-6-7-18-15;;/h1-3,6-7,10,13H,4-5,8-9,11,16H2,(H,17,18);2*1H. The number of aromatic amines is 1. The highest BCUT2D eigenvalue weighted by atomic mass is 35.5. The fraction of sp³-hybridized carbons (Fsp3) is 0.400. The van der Waals surface area contributed by atoms with Crippen molar-refractivity contribution >= 4 is 30.5 Å². The van der Waals surface area contributed by atoms with E-state index < -0.39 is 0 Å². The highest BCUT2D eigenvalue weighted by Gasteiger charge is 2.21. The first-order chi connectivity index (χ1) is 9.31. The molecule has 0 atom stereocenters. The number of hydrogen-bond acceptors (Lipinski definition) is 3. The van der Waals surface area contributed by atoms with Gasteiger partial charge in [0.15, 0.2) is 0 Å². The molecule has 3 rings (SSSR count). The first-order valence-electron chi connectivity index (χ1n) is 6.87. The summed E-state index contributed by atoms with van der Waals surface area (Å²) in [7, 11) is 0. The van der Waals surface area contributed by atoms with Gasteiger partial charge in [0, 0.05) is 30.5 Å². The molecule has 0 saturated carbocycles. The molecule has 0 amide bonds. The van der Waals surface area contributed by atoms with Crippen LogP contribution in [0.25, 0.3) is 0 Å². The molecule has 2 heterocycles. The van der Waals surface area contributed by atoms with Crippen molar-refractivity contribution in [3.8, 4) is 0 Å². The Bertz CT molecular complexity index is 522. The molecule has 0 radical (unpaired) electrons. The van der Waals surface area contributed by atoms with Crippen molar-refractivity contribution in [3.05, 3.63) is 48.0 Å². The third-order valence-corrected chi connectivity index (χ3v) is 3.85. The van der Waals surface area contributed by atoms with Crippen LogP contribution in [0, 0.1) is 0 Å². The second kappa shape index (κ2) is 8.27. The van der Waals surface area contributed by atoms with Gasteiger partial charge in [-0.25, -0.2) is 4.98 Å². The minimum Gasteiger partial charge on any atom is -0.399 e. The number of imidazole rings is 1. The van der Waals surface area contributed by atoms with Crippen LogP contribution in [0.4, 0.5) is 5.69 Å². The van der Waals surface area contributed by atoms with E-state index in [0.717, 1.165) is 31.1 Å². The Kier molecular flexibility index (Phi) is 7.02. The number of nitrogens with two attached hydrogens (primary N) is 1. The third-order valence-electron chi connectivity index (χ3n) is 3.85. The Morgan fingerprint density at radius 2 is 2.00 bits per heavy atom. The van der Waals surface area contributed by atoms with Gasteiger partial charge >= 0.3 is 0 Å². The quantitative estimate of drug-likeness (QED) is 0.850. The summed E-state index contributed by atoms with van der Waals surface area (Å²) in [6, 6.07) is 8.18. The maximum Gasteiger partial charge on any atom is 0.109 e. The number of piperidine rings is 1. The van der Waals surface area contributed by atoms with Gasteiger partial charge in [-0.2, -0.15) is 0 Å². The van der Waals surface area contributed by atoms with E-state index in [0.29, 0.717) is 5.92 Å². The maximum absolute atomic E-state index is 5.82. The molecule has 4 nitrogen and oxygen atoms in total. The number of benzene rings is 1. The van der Waals surface area contributed by atoms with Crippen LogP contribution in [0.3, 0.4) is 0 Å². The molecule has 1 aliphatic rings. The molecule has 116 valence electrons. The number of hydrogen-bond donors (Lipinski definition) is 2. The second-order valence-electron chi connectivity index (χ2n) is 5.27. The summed E-state index contributed by atoms with van der Waals surface area (Å²) in [5, 5.41) is 0. The number of anilines is 1. The molecule has 0 aliphatic carbocycles. The summed E-state index contributed by atoms with van der Waals surface area (Å²) in [4.78, 5) is 10.1. The van der Waals surface area contributed by atoms with Crippen LogP contribution in [-0.4, -0.2) is 28.0 Å². The summed E-state index contributed by atoms with van der Waals surface area (Å²) in [6.07, 6.45) is 6.11. The van der Waals surface area contributed by atoms with Crippen LogP contribution in [0.2, 0.25) is 0 Å². The lowest BCUT2D eigenvalue weighted by atomic mass is 9.96. The van der Waals surface area contributed by atoms with Gasteiger partial charge in [-0.15, -0.1) is 24.8 Å². The van der Waals surface area contributed by atoms with Crippen molar-refractivity contribution in [2.45, 2.75) is 25.3 Å². The highest BCUT2D eigenvalue weighted by Crippen LogP contribution is 2.26. The molecule has 0 spiro atoms. The minimum absolute atomic E-state index is 0. The number of halogens is 2. The number of likely N-dealkylation sites (tertiary alicyclic amines) is 1. The number of aromatic nitrogens is 2. The van der Waals surface area contributed by atoms with Gasteiger partial charge < -0.3 is 10.7 Å². The van der Waals surface area contributed by atoms with E-state index in [1.165, 1.54) is 18.4 Å². The van der Waals surface area contributed by atoms with E-state index in [4.69, 9.17) is 5.73 Å². The third kappa shape index (κ3) is 4.63. The van der Waals surface area contributed by atoms with Gasteiger partial charge in [-0.1, -0.05) is 12.1 Å². The minimum atomic E-state index is 0. The van der Waals surface area contributed by atoms with Gasteiger partial charge in [-0.3, -0.25) is 4.90 Å². The Labute approximate surface area is 138 Å². The highest BCUT2D eigenvalue weighted by molar-refractivity contribution is 5.85. The largest absolute Gasteiger partial charge is 0.399 e.